The summed E-state index contributed by atoms with van der Waals surface area (Å²) >= 11 is 3.37. The van der Waals surface area contributed by atoms with Gasteiger partial charge in [-0.2, -0.15) is 0 Å². The summed E-state index contributed by atoms with van der Waals surface area (Å²) in [6.07, 6.45) is 1.51. The highest BCUT2D eigenvalue weighted by Gasteiger charge is 2.17. The van der Waals surface area contributed by atoms with E-state index >= 15 is 0 Å². The topological polar surface area (TPSA) is 61.8 Å². The molecule has 6 heteroatoms. The summed E-state index contributed by atoms with van der Waals surface area (Å²) in [5.74, 6) is -0.177. The number of rotatable bonds is 9. The van der Waals surface area contributed by atoms with E-state index in [1.165, 1.54) is 5.56 Å². The SMILES string of the molecule is CC(C)Oc1ccc(Br)cc1C(=O)Oc1ccc(C(=O)OCCCc2ccccc2)cc1. The molecule has 166 valence electrons. The molecule has 0 aromatic heterocycles. The molecular weight excluding hydrogens is 472 g/mol. The van der Waals surface area contributed by atoms with Crippen LogP contribution in [0, 0.1) is 0 Å². The standard InChI is InChI=1S/C26H25BrO5/c1-18(2)31-24-15-12-21(27)17-23(24)26(29)32-22-13-10-20(11-14-22)25(28)30-16-6-9-19-7-4-3-5-8-19/h3-5,7-8,10-15,17-18H,6,9,16H2,1-2H3. The predicted molar refractivity (Wildman–Crippen MR) is 126 cm³/mol. The van der Waals surface area contributed by atoms with Crippen LogP contribution in [0.15, 0.2) is 77.3 Å². The molecule has 0 fully saturated rings. The molecule has 3 rings (SSSR count). The van der Waals surface area contributed by atoms with E-state index in [4.69, 9.17) is 14.2 Å². The van der Waals surface area contributed by atoms with Crippen molar-refractivity contribution in [2.45, 2.75) is 32.8 Å². The van der Waals surface area contributed by atoms with Gasteiger partial charge in [-0.25, -0.2) is 9.59 Å². The molecule has 3 aromatic carbocycles. The lowest BCUT2D eigenvalue weighted by Crippen LogP contribution is -2.14. The minimum Gasteiger partial charge on any atom is -0.490 e. The van der Waals surface area contributed by atoms with Crippen LogP contribution in [-0.2, 0) is 11.2 Å². The minimum absolute atomic E-state index is 0.0827. The Morgan fingerprint density at radius 2 is 1.62 bits per heavy atom. The highest BCUT2D eigenvalue weighted by molar-refractivity contribution is 9.10. The molecule has 32 heavy (non-hydrogen) atoms. The average Bonchev–Trinajstić information content (AvgIpc) is 2.78. The van der Waals surface area contributed by atoms with Crippen molar-refractivity contribution < 1.29 is 23.8 Å². The van der Waals surface area contributed by atoms with Gasteiger partial charge in [-0.1, -0.05) is 46.3 Å². The highest BCUT2D eigenvalue weighted by Crippen LogP contribution is 2.26. The van der Waals surface area contributed by atoms with Crippen LogP contribution < -0.4 is 9.47 Å². The predicted octanol–water partition coefficient (Wildman–Crippen LogP) is 6.25. The number of aryl methyl sites for hydroxylation is 1. The van der Waals surface area contributed by atoms with Crippen LogP contribution >= 0.6 is 15.9 Å². The maximum Gasteiger partial charge on any atom is 0.347 e. The summed E-state index contributed by atoms with van der Waals surface area (Å²) in [6, 6.07) is 21.5. The first-order valence-electron chi connectivity index (χ1n) is 10.4. The normalized spacial score (nSPS) is 10.6. The van der Waals surface area contributed by atoms with Crippen LogP contribution in [0.4, 0.5) is 0 Å². The molecule has 0 spiro atoms. The van der Waals surface area contributed by atoms with Crippen LogP contribution in [0.1, 0.15) is 46.5 Å². The fourth-order valence-corrected chi connectivity index (χ4v) is 3.37. The third kappa shape index (κ3) is 6.95. The smallest absolute Gasteiger partial charge is 0.347 e. The average molecular weight is 497 g/mol. The van der Waals surface area contributed by atoms with Gasteiger partial charge in [0.15, 0.2) is 0 Å². The van der Waals surface area contributed by atoms with Crippen molar-refractivity contribution in [2.24, 2.45) is 0 Å². The third-order valence-corrected chi connectivity index (χ3v) is 5.00. The van der Waals surface area contributed by atoms with E-state index in [1.807, 2.05) is 44.2 Å². The summed E-state index contributed by atoms with van der Waals surface area (Å²) in [4.78, 5) is 24.9. The van der Waals surface area contributed by atoms with E-state index in [1.54, 1.807) is 42.5 Å². The maximum atomic E-state index is 12.7. The van der Waals surface area contributed by atoms with Gasteiger partial charge >= 0.3 is 11.9 Å². The molecule has 5 nitrogen and oxygen atoms in total. The van der Waals surface area contributed by atoms with E-state index < -0.39 is 11.9 Å². The number of ether oxygens (including phenoxy) is 3. The fraction of sp³-hybridized carbons (Fsp3) is 0.231. The Bertz CT molecular complexity index is 1050. The molecule has 0 saturated carbocycles. The molecular formula is C26H25BrO5. The van der Waals surface area contributed by atoms with Gasteiger partial charge in [0.05, 0.1) is 18.3 Å². The van der Waals surface area contributed by atoms with Crippen molar-refractivity contribution in [3.8, 4) is 11.5 Å². The van der Waals surface area contributed by atoms with Crippen LogP contribution in [0.2, 0.25) is 0 Å². The summed E-state index contributed by atoms with van der Waals surface area (Å²) in [5, 5.41) is 0. The fourth-order valence-electron chi connectivity index (χ4n) is 3.01. The number of hydrogen-bond donors (Lipinski definition) is 0. The van der Waals surface area contributed by atoms with Gasteiger partial charge in [0.2, 0.25) is 0 Å². The van der Waals surface area contributed by atoms with Gasteiger partial charge in [-0.05, 0) is 74.7 Å². The Morgan fingerprint density at radius 1 is 0.906 bits per heavy atom. The Morgan fingerprint density at radius 3 is 2.31 bits per heavy atom. The number of carbonyl (C=O) groups is 2. The maximum absolute atomic E-state index is 12.7. The lowest BCUT2D eigenvalue weighted by atomic mass is 10.1. The number of benzene rings is 3. The Balaban J connectivity index is 1.54. The van der Waals surface area contributed by atoms with E-state index in [0.717, 1.165) is 17.3 Å². The zero-order valence-corrected chi connectivity index (χ0v) is 19.6. The van der Waals surface area contributed by atoms with Gasteiger partial charge in [0, 0.05) is 4.47 Å². The number of esters is 2. The van der Waals surface area contributed by atoms with Gasteiger partial charge in [0.1, 0.15) is 17.1 Å². The molecule has 0 unspecified atom stereocenters. The summed E-state index contributed by atoms with van der Waals surface area (Å²) < 4.78 is 17.2. The van der Waals surface area contributed by atoms with E-state index in [2.05, 4.69) is 15.9 Å². The number of hydrogen-bond acceptors (Lipinski definition) is 5. The molecule has 0 aliphatic carbocycles. The molecule has 0 aliphatic heterocycles. The van der Waals surface area contributed by atoms with E-state index in [9.17, 15) is 9.59 Å². The van der Waals surface area contributed by atoms with E-state index in [0.29, 0.717) is 29.2 Å². The van der Waals surface area contributed by atoms with Crippen LogP contribution in [0.3, 0.4) is 0 Å². The van der Waals surface area contributed by atoms with Crippen molar-refractivity contribution in [1.29, 1.82) is 0 Å². The van der Waals surface area contributed by atoms with Gasteiger partial charge in [-0.3, -0.25) is 0 Å². The Hall–Kier alpha value is -3.12. The number of carbonyl (C=O) groups excluding carboxylic acids is 2. The lowest BCUT2D eigenvalue weighted by molar-refractivity contribution is 0.0500. The number of halogens is 1. The second-order valence-corrected chi connectivity index (χ2v) is 8.36. The van der Waals surface area contributed by atoms with Crippen LogP contribution in [-0.4, -0.2) is 24.6 Å². The largest absolute Gasteiger partial charge is 0.490 e. The molecule has 0 atom stereocenters. The van der Waals surface area contributed by atoms with Crippen molar-refractivity contribution in [1.82, 2.24) is 0 Å². The van der Waals surface area contributed by atoms with Gasteiger partial charge < -0.3 is 14.2 Å². The molecule has 0 saturated heterocycles. The zero-order valence-electron chi connectivity index (χ0n) is 18.0. The summed E-state index contributed by atoms with van der Waals surface area (Å²) in [5.41, 5.74) is 1.92. The molecule has 0 N–H and O–H groups in total. The molecule has 0 radical (unpaired) electrons. The summed E-state index contributed by atoms with van der Waals surface area (Å²) in [6.45, 7) is 4.11. The quantitative estimate of drug-likeness (QED) is 0.199. The van der Waals surface area contributed by atoms with E-state index in [-0.39, 0.29) is 6.10 Å². The van der Waals surface area contributed by atoms with Crippen LogP contribution in [0.25, 0.3) is 0 Å². The Kier molecular flexibility index (Phi) is 8.45. The molecule has 0 amide bonds. The van der Waals surface area contributed by atoms with Crippen molar-refractivity contribution in [3.63, 3.8) is 0 Å². The monoisotopic (exact) mass is 496 g/mol. The van der Waals surface area contributed by atoms with Crippen molar-refractivity contribution >= 4 is 27.9 Å². The zero-order chi connectivity index (χ0) is 22.9. The molecule has 0 aliphatic rings. The van der Waals surface area contributed by atoms with Crippen LogP contribution in [0.5, 0.6) is 11.5 Å². The minimum atomic E-state index is -0.543. The van der Waals surface area contributed by atoms with Crippen molar-refractivity contribution in [3.05, 3.63) is 94.0 Å². The highest BCUT2D eigenvalue weighted by atomic mass is 79.9. The van der Waals surface area contributed by atoms with Crippen molar-refractivity contribution in [2.75, 3.05) is 6.61 Å². The van der Waals surface area contributed by atoms with Gasteiger partial charge in [-0.15, -0.1) is 0 Å². The lowest BCUT2D eigenvalue weighted by Gasteiger charge is -2.14. The summed E-state index contributed by atoms with van der Waals surface area (Å²) in [7, 11) is 0. The molecule has 0 bridgehead atoms. The Labute approximate surface area is 196 Å². The molecule has 0 heterocycles. The second kappa shape index (κ2) is 11.5. The second-order valence-electron chi connectivity index (χ2n) is 7.45. The van der Waals surface area contributed by atoms with Gasteiger partial charge in [0.25, 0.3) is 0 Å². The first kappa shape index (κ1) is 23.5. The first-order chi connectivity index (χ1) is 15.4. The molecule has 3 aromatic rings. The first-order valence-corrected chi connectivity index (χ1v) is 11.2. The third-order valence-electron chi connectivity index (χ3n) is 4.51.